The zero-order chi connectivity index (χ0) is 57.1. The monoisotopic (exact) mass is 1100 g/mol. The fraction of sp³-hybridized carbons (Fsp3) is 0.795. The maximum absolute atomic E-state index is 12.9. The highest BCUT2D eigenvalue weighted by molar-refractivity contribution is 5.71. The summed E-state index contributed by atoms with van der Waals surface area (Å²) in [6, 6.07) is 0. The van der Waals surface area contributed by atoms with Crippen LogP contribution in [0.3, 0.4) is 0 Å². The Morgan fingerprint density at radius 3 is 0.734 bits per heavy atom. The molecule has 0 fully saturated rings. The molecule has 0 heterocycles. The Balaban J connectivity index is 4.30. The molecular formula is C73H130O6. The van der Waals surface area contributed by atoms with Crippen molar-refractivity contribution in [1.29, 1.82) is 0 Å². The lowest BCUT2D eigenvalue weighted by molar-refractivity contribution is -0.167. The first-order valence-electron chi connectivity index (χ1n) is 34.4. The third kappa shape index (κ3) is 65.5. The van der Waals surface area contributed by atoms with Crippen LogP contribution in [-0.4, -0.2) is 37.2 Å². The lowest BCUT2D eigenvalue weighted by Crippen LogP contribution is -2.30. The first-order chi connectivity index (χ1) is 39.0. The Kier molecular flexibility index (Phi) is 64.7. The highest BCUT2D eigenvalue weighted by atomic mass is 16.6. The molecule has 0 aliphatic carbocycles. The van der Waals surface area contributed by atoms with Crippen molar-refractivity contribution in [2.45, 2.75) is 361 Å². The Bertz CT molecular complexity index is 1450. The molecule has 0 aliphatic rings. The van der Waals surface area contributed by atoms with Crippen LogP contribution in [0.1, 0.15) is 355 Å². The van der Waals surface area contributed by atoms with Crippen molar-refractivity contribution in [3.8, 4) is 0 Å². The highest BCUT2D eigenvalue weighted by Crippen LogP contribution is 2.17. The van der Waals surface area contributed by atoms with Crippen molar-refractivity contribution in [3.63, 3.8) is 0 Å². The number of hydrogen-bond donors (Lipinski definition) is 0. The molecule has 0 spiro atoms. The molecule has 0 radical (unpaired) electrons. The van der Waals surface area contributed by atoms with Gasteiger partial charge in [0.15, 0.2) is 6.10 Å². The van der Waals surface area contributed by atoms with Crippen LogP contribution in [0.2, 0.25) is 0 Å². The van der Waals surface area contributed by atoms with Gasteiger partial charge in [-0.15, -0.1) is 0 Å². The molecule has 0 N–H and O–H groups in total. The second-order valence-corrected chi connectivity index (χ2v) is 23.1. The van der Waals surface area contributed by atoms with Gasteiger partial charge in [-0.3, -0.25) is 14.4 Å². The van der Waals surface area contributed by atoms with Gasteiger partial charge in [0, 0.05) is 19.3 Å². The quantitative estimate of drug-likeness (QED) is 0.0261. The molecule has 1 unspecified atom stereocenters. The molecule has 79 heavy (non-hydrogen) atoms. The third-order valence-corrected chi connectivity index (χ3v) is 15.2. The summed E-state index contributed by atoms with van der Waals surface area (Å²) >= 11 is 0. The van der Waals surface area contributed by atoms with E-state index in [-0.39, 0.29) is 31.1 Å². The third-order valence-electron chi connectivity index (χ3n) is 15.2. The Morgan fingerprint density at radius 1 is 0.253 bits per heavy atom. The summed E-state index contributed by atoms with van der Waals surface area (Å²) in [4.78, 5) is 38.4. The standard InChI is InChI=1S/C73H130O6/c1-4-7-10-13-16-19-22-25-27-29-31-33-35-36-38-39-41-43-45-48-51-54-57-60-63-66-72(75)78-69-70(68-77-71(74)65-62-59-56-53-50-47-24-21-18-15-12-9-6-3)79-73(76)67-64-61-58-55-52-49-46-44-42-40-37-34-32-30-28-26-23-20-17-14-11-8-5-2/h21-26,29-32,37,40,70H,4-20,27-28,33-36,38-39,41-69H2,1-3H3/b24-21-,25-22-,26-23-,31-29-,32-30-,40-37-. The topological polar surface area (TPSA) is 78.9 Å². The molecule has 0 rings (SSSR count). The van der Waals surface area contributed by atoms with E-state index in [0.29, 0.717) is 19.3 Å². The van der Waals surface area contributed by atoms with Gasteiger partial charge >= 0.3 is 17.9 Å². The van der Waals surface area contributed by atoms with Crippen LogP contribution in [0.4, 0.5) is 0 Å². The zero-order valence-corrected chi connectivity index (χ0v) is 52.6. The largest absolute Gasteiger partial charge is 0.462 e. The molecule has 6 nitrogen and oxygen atoms in total. The van der Waals surface area contributed by atoms with Gasteiger partial charge in [0.05, 0.1) is 0 Å². The van der Waals surface area contributed by atoms with E-state index in [1.807, 2.05) is 0 Å². The number of esters is 3. The van der Waals surface area contributed by atoms with Gasteiger partial charge in [0.2, 0.25) is 0 Å². The average molecular weight is 1100 g/mol. The van der Waals surface area contributed by atoms with E-state index in [0.717, 1.165) is 89.9 Å². The number of allylic oxidation sites excluding steroid dienone is 12. The second-order valence-electron chi connectivity index (χ2n) is 23.1. The molecule has 0 saturated carbocycles. The summed E-state index contributed by atoms with van der Waals surface area (Å²) in [6.07, 6.45) is 87.7. The summed E-state index contributed by atoms with van der Waals surface area (Å²) in [6.45, 7) is 6.63. The summed E-state index contributed by atoms with van der Waals surface area (Å²) in [5.41, 5.74) is 0. The van der Waals surface area contributed by atoms with Crippen molar-refractivity contribution in [2.24, 2.45) is 0 Å². The van der Waals surface area contributed by atoms with Crippen molar-refractivity contribution in [3.05, 3.63) is 72.9 Å². The molecule has 458 valence electrons. The number of ether oxygens (including phenoxy) is 3. The van der Waals surface area contributed by atoms with Crippen LogP contribution in [0, 0.1) is 0 Å². The number of rotatable bonds is 63. The molecule has 0 aromatic heterocycles. The minimum atomic E-state index is -0.784. The van der Waals surface area contributed by atoms with E-state index in [1.165, 1.54) is 225 Å². The predicted octanol–water partition coefficient (Wildman–Crippen LogP) is 23.7. The van der Waals surface area contributed by atoms with Crippen molar-refractivity contribution < 1.29 is 28.6 Å². The summed E-state index contributed by atoms with van der Waals surface area (Å²) in [5, 5.41) is 0. The van der Waals surface area contributed by atoms with E-state index in [9.17, 15) is 14.4 Å². The smallest absolute Gasteiger partial charge is 0.306 e. The lowest BCUT2D eigenvalue weighted by Gasteiger charge is -2.18. The van der Waals surface area contributed by atoms with Gasteiger partial charge in [-0.2, -0.15) is 0 Å². The number of carbonyl (C=O) groups excluding carboxylic acids is 3. The van der Waals surface area contributed by atoms with Gasteiger partial charge < -0.3 is 14.2 Å². The van der Waals surface area contributed by atoms with Crippen LogP contribution in [-0.2, 0) is 28.6 Å². The SMILES string of the molecule is CCCCCC/C=C\CCCCCCCC(=O)OCC(COC(=O)CCCCCCCCCCCCCCC/C=C\C/C=C\CCCCCCC)OC(=O)CCCCCCCCCC/C=C\C/C=C\C/C=C\CCCCCCC. The normalized spacial score (nSPS) is 12.5. The van der Waals surface area contributed by atoms with Crippen LogP contribution in [0.25, 0.3) is 0 Å². The molecular weight excluding hydrogens is 973 g/mol. The molecule has 0 aliphatic heterocycles. The van der Waals surface area contributed by atoms with Crippen LogP contribution < -0.4 is 0 Å². The van der Waals surface area contributed by atoms with Crippen LogP contribution in [0.5, 0.6) is 0 Å². The van der Waals surface area contributed by atoms with Gasteiger partial charge in [-0.1, -0.05) is 293 Å². The first-order valence-corrected chi connectivity index (χ1v) is 34.4. The Labute approximate surface area is 491 Å². The Hall–Kier alpha value is -3.15. The number of hydrogen-bond acceptors (Lipinski definition) is 6. The first kappa shape index (κ1) is 75.8. The molecule has 0 aromatic rings. The zero-order valence-electron chi connectivity index (χ0n) is 52.6. The van der Waals surface area contributed by atoms with Gasteiger partial charge in [-0.05, 0) is 116 Å². The van der Waals surface area contributed by atoms with E-state index >= 15 is 0 Å². The molecule has 0 amide bonds. The average Bonchev–Trinajstić information content (AvgIpc) is 3.45. The molecule has 6 heteroatoms. The Morgan fingerprint density at radius 2 is 0.456 bits per heavy atom. The lowest BCUT2D eigenvalue weighted by atomic mass is 10.0. The summed E-state index contributed by atoms with van der Waals surface area (Å²) < 4.78 is 17.0. The molecule has 0 bridgehead atoms. The maximum atomic E-state index is 12.9. The van der Waals surface area contributed by atoms with Gasteiger partial charge in [-0.25, -0.2) is 0 Å². The van der Waals surface area contributed by atoms with E-state index in [4.69, 9.17) is 14.2 Å². The van der Waals surface area contributed by atoms with Crippen LogP contribution in [0.15, 0.2) is 72.9 Å². The summed E-state index contributed by atoms with van der Waals surface area (Å²) in [7, 11) is 0. The van der Waals surface area contributed by atoms with E-state index in [2.05, 4.69) is 93.7 Å². The minimum Gasteiger partial charge on any atom is -0.462 e. The van der Waals surface area contributed by atoms with E-state index in [1.54, 1.807) is 0 Å². The van der Waals surface area contributed by atoms with Crippen molar-refractivity contribution >= 4 is 17.9 Å². The van der Waals surface area contributed by atoms with Crippen molar-refractivity contribution in [2.75, 3.05) is 13.2 Å². The summed E-state index contributed by atoms with van der Waals surface area (Å²) in [5.74, 6) is -0.879. The molecule has 0 aromatic carbocycles. The fourth-order valence-corrected chi connectivity index (χ4v) is 9.95. The predicted molar refractivity (Wildman–Crippen MR) is 344 cm³/mol. The number of unbranched alkanes of at least 4 members (excludes halogenated alkanes) is 40. The van der Waals surface area contributed by atoms with Crippen molar-refractivity contribution in [1.82, 2.24) is 0 Å². The van der Waals surface area contributed by atoms with E-state index < -0.39 is 6.10 Å². The minimum absolute atomic E-state index is 0.0795. The van der Waals surface area contributed by atoms with Gasteiger partial charge in [0.1, 0.15) is 13.2 Å². The highest BCUT2D eigenvalue weighted by Gasteiger charge is 2.19. The van der Waals surface area contributed by atoms with Gasteiger partial charge in [0.25, 0.3) is 0 Å². The van der Waals surface area contributed by atoms with Crippen LogP contribution >= 0.6 is 0 Å². The molecule has 1 atom stereocenters. The molecule has 0 saturated heterocycles. The second kappa shape index (κ2) is 67.4. The number of carbonyl (C=O) groups is 3. The maximum Gasteiger partial charge on any atom is 0.306 e. The fourth-order valence-electron chi connectivity index (χ4n) is 9.95.